The zero-order valence-electron chi connectivity index (χ0n) is 16.8. The van der Waals surface area contributed by atoms with Crippen LogP contribution >= 0.6 is 12.2 Å². The number of benzene rings is 3. The predicted octanol–water partition coefficient (Wildman–Crippen LogP) is 5.46. The molecule has 0 aliphatic carbocycles. The van der Waals surface area contributed by atoms with Gasteiger partial charge in [-0.15, -0.1) is 0 Å². The third kappa shape index (κ3) is 3.55. The van der Waals surface area contributed by atoms with E-state index in [-0.39, 0.29) is 0 Å². The Labute approximate surface area is 184 Å². The normalized spacial score (nSPS) is 10.9. The third-order valence-electron chi connectivity index (χ3n) is 5.01. The van der Waals surface area contributed by atoms with Crippen molar-refractivity contribution >= 4 is 12.2 Å². The van der Waals surface area contributed by atoms with Crippen molar-refractivity contribution in [3.8, 4) is 39.9 Å². The van der Waals surface area contributed by atoms with E-state index in [4.69, 9.17) is 22.1 Å². The SMILES string of the molecule is COc1ccc(-n2nc(-c3n[nH]c(=S)n3-c3ccccc3)cc2-c2ccccc2)cc1. The minimum absolute atomic E-state index is 0.515. The van der Waals surface area contributed by atoms with Crippen molar-refractivity contribution in [3.05, 3.63) is 95.8 Å². The van der Waals surface area contributed by atoms with Crippen molar-refractivity contribution in [2.75, 3.05) is 7.11 Å². The maximum Gasteiger partial charge on any atom is 0.200 e. The van der Waals surface area contributed by atoms with Gasteiger partial charge in [-0.05, 0) is 54.7 Å². The summed E-state index contributed by atoms with van der Waals surface area (Å²) in [4.78, 5) is 0. The number of ether oxygens (including phenoxy) is 1. The number of aromatic amines is 1. The minimum Gasteiger partial charge on any atom is -0.497 e. The number of aromatic nitrogens is 5. The molecule has 2 heterocycles. The first-order valence-corrected chi connectivity index (χ1v) is 10.2. The Kier molecular flexibility index (Phi) is 4.93. The first-order chi connectivity index (χ1) is 15.2. The van der Waals surface area contributed by atoms with Crippen molar-refractivity contribution in [1.82, 2.24) is 24.5 Å². The maximum absolute atomic E-state index is 5.51. The van der Waals surface area contributed by atoms with Crippen LogP contribution in [0.4, 0.5) is 0 Å². The zero-order chi connectivity index (χ0) is 21.2. The van der Waals surface area contributed by atoms with Gasteiger partial charge in [-0.3, -0.25) is 9.67 Å². The number of hydrogen-bond donors (Lipinski definition) is 1. The van der Waals surface area contributed by atoms with E-state index in [2.05, 4.69) is 22.3 Å². The highest BCUT2D eigenvalue weighted by molar-refractivity contribution is 7.71. The smallest absolute Gasteiger partial charge is 0.200 e. The molecule has 0 unspecified atom stereocenters. The third-order valence-corrected chi connectivity index (χ3v) is 5.29. The van der Waals surface area contributed by atoms with E-state index in [1.807, 2.05) is 88.1 Å². The molecule has 0 atom stereocenters. The van der Waals surface area contributed by atoms with Crippen molar-refractivity contribution in [1.29, 1.82) is 0 Å². The van der Waals surface area contributed by atoms with E-state index in [0.29, 0.717) is 16.3 Å². The molecule has 1 N–H and O–H groups in total. The number of hydrogen-bond acceptors (Lipinski definition) is 4. The molecule has 0 aliphatic heterocycles. The van der Waals surface area contributed by atoms with Crippen molar-refractivity contribution in [3.63, 3.8) is 0 Å². The van der Waals surface area contributed by atoms with Crippen LogP contribution in [0.5, 0.6) is 5.75 Å². The molecule has 7 heteroatoms. The second kappa shape index (κ2) is 8.04. The average molecular weight is 426 g/mol. The van der Waals surface area contributed by atoms with Gasteiger partial charge in [0.1, 0.15) is 11.4 Å². The van der Waals surface area contributed by atoms with Gasteiger partial charge in [0.2, 0.25) is 0 Å². The largest absolute Gasteiger partial charge is 0.497 e. The molecule has 0 spiro atoms. The van der Waals surface area contributed by atoms with E-state index in [1.54, 1.807) is 7.11 Å². The maximum atomic E-state index is 5.51. The second-order valence-electron chi connectivity index (χ2n) is 6.91. The van der Waals surface area contributed by atoms with Gasteiger partial charge in [-0.25, -0.2) is 4.68 Å². The summed E-state index contributed by atoms with van der Waals surface area (Å²) < 4.78 is 9.63. The van der Waals surface area contributed by atoms with Gasteiger partial charge in [0.05, 0.1) is 24.2 Å². The Morgan fingerprint density at radius 1 is 0.839 bits per heavy atom. The van der Waals surface area contributed by atoms with E-state index >= 15 is 0 Å². The van der Waals surface area contributed by atoms with Gasteiger partial charge < -0.3 is 4.74 Å². The molecule has 5 rings (SSSR count). The quantitative estimate of drug-likeness (QED) is 0.380. The van der Waals surface area contributed by atoms with Crippen LogP contribution in [0.25, 0.3) is 34.2 Å². The number of para-hydroxylation sites is 1. The fourth-order valence-electron chi connectivity index (χ4n) is 3.51. The molecule has 2 aromatic heterocycles. The molecule has 0 saturated heterocycles. The first-order valence-electron chi connectivity index (χ1n) is 9.78. The van der Waals surface area contributed by atoms with Crippen LogP contribution in [0.3, 0.4) is 0 Å². The van der Waals surface area contributed by atoms with Crippen molar-refractivity contribution in [2.24, 2.45) is 0 Å². The number of rotatable bonds is 5. The Morgan fingerprint density at radius 2 is 1.52 bits per heavy atom. The topological polar surface area (TPSA) is 60.7 Å². The summed E-state index contributed by atoms with van der Waals surface area (Å²) in [5.74, 6) is 1.45. The monoisotopic (exact) mass is 425 g/mol. The lowest BCUT2D eigenvalue weighted by Crippen LogP contribution is -2.01. The van der Waals surface area contributed by atoms with Crippen molar-refractivity contribution in [2.45, 2.75) is 0 Å². The standard InChI is InChI=1S/C24H19N5OS/c1-30-20-14-12-19(13-15-20)29-22(17-8-4-2-5-9-17)16-21(27-29)23-25-26-24(31)28(23)18-10-6-3-7-11-18/h2-16H,1H3,(H,26,31). The fraction of sp³-hybridized carbons (Fsp3) is 0.0417. The second-order valence-corrected chi connectivity index (χ2v) is 7.30. The van der Waals surface area contributed by atoms with Crippen LogP contribution in [-0.4, -0.2) is 31.7 Å². The molecule has 31 heavy (non-hydrogen) atoms. The first kappa shape index (κ1) is 19.0. The lowest BCUT2D eigenvalue weighted by molar-refractivity contribution is 0.414. The van der Waals surface area contributed by atoms with E-state index in [9.17, 15) is 0 Å². The Hall–Kier alpha value is -3.97. The van der Waals surface area contributed by atoms with Gasteiger partial charge in [0.15, 0.2) is 10.6 Å². The highest BCUT2D eigenvalue weighted by Gasteiger charge is 2.18. The Morgan fingerprint density at radius 3 is 2.19 bits per heavy atom. The molecular weight excluding hydrogens is 406 g/mol. The molecular formula is C24H19N5OS. The highest BCUT2D eigenvalue weighted by atomic mass is 32.1. The minimum atomic E-state index is 0.515. The lowest BCUT2D eigenvalue weighted by atomic mass is 10.1. The van der Waals surface area contributed by atoms with Gasteiger partial charge in [0.25, 0.3) is 0 Å². The lowest BCUT2D eigenvalue weighted by Gasteiger charge is -2.08. The Bertz CT molecular complexity index is 1370. The van der Waals surface area contributed by atoms with Gasteiger partial charge >= 0.3 is 0 Å². The van der Waals surface area contributed by atoms with E-state index < -0.39 is 0 Å². The molecule has 0 fully saturated rings. The van der Waals surface area contributed by atoms with E-state index in [0.717, 1.165) is 28.4 Å². The fourth-order valence-corrected chi connectivity index (χ4v) is 3.75. The zero-order valence-corrected chi connectivity index (χ0v) is 17.6. The summed E-state index contributed by atoms with van der Waals surface area (Å²) in [5.41, 5.74) is 4.57. The molecule has 0 radical (unpaired) electrons. The molecule has 0 amide bonds. The predicted molar refractivity (Wildman–Crippen MR) is 123 cm³/mol. The van der Waals surface area contributed by atoms with Crippen LogP contribution in [-0.2, 0) is 0 Å². The summed E-state index contributed by atoms with van der Waals surface area (Å²) in [6.07, 6.45) is 0. The molecule has 0 bridgehead atoms. The van der Waals surface area contributed by atoms with Crippen LogP contribution < -0.4 is 4.74 Å². The van der Waals surface area contributed by atoms with Gasteiger partial charge in [0, 0.05) is 5.56 Å². The van der Waals surface area contributed by atoms with Crippen LogP contribution in [0, 0.1) is 4.77 Å². The molecule has 152 valence electrons. The molecule has 0 saturated carbocycles. The Balaban J connectivity index is 1.70. The van der Waals surface area contributed by atoms with E-state index in [1.165, 1.54) is 0 Å². The van der Waals surface area contributed by atoms with Gasteiger partial charge in [-0.1, -0.05) is 48.5 Å². The molecule has 0 aliphatic rings. The average Bonchev–Trinajstić information content (AvgIpc) is 3.44. The number of methoxy groups -OCH3 is 1. The van der Waals surface area contributed by atoms with Crippen LogP contribution in [0.15, 0.2) is 91.0 Å². The van der Waals surface area contributed by atoms with Gasteiger partial charge in [-0.2, -0.15) is 10.2 Å². The molecule has 3 aromatic carbocycles. The molecule has 6 nitrogen and oxygen atoms in total. The summed E-state index contributed by atoms with van der Waals surface area (Å²) in [6.45, 7) is 0. The summed E-state index contributed by atoms with van der Waals surface area (Å²) >= 11 is 5.51. The summed E-state index contributed by atoms with van der Waals surface area (Å²) in [7, 11) is 1.66. The number of H-pyrrole nitrogens is 1. The van der Waals surface area contributed by atoms with Crippen LogP contribution in [0.1, 0.15) is 0 Å². The highest BCUT2D eigenvalue weighted by Crippen LogP contribution is 2.29. The number of nitrogens with one attached hydrogen (secondary N) is 1. The molecule has 5 aromatic rings. The van der Waals surface area contributed by atoms with Crippen molar-refractivity contribution < 1.29 is 4.74 Å². The number of nitrogens with zero attached hydrogens (tertiary/aromatic N) is 4. The summed E-state index contributed by atoms with van der Waals surface area (Å²) in [5, 5.41) is 12.3. The van der Waals surface area contributed by atoms with Crippen LogP contribution in [0.2, 0.25) is 0 Å². The summed E-state index contributed by atoms with van der Waals surface area (Å²) in [6, 6.07) is 29.9.